The van der Waals surface area contributed by atoms with Crippen molar-refractivity contribution in [3.63, 3.8) is 0 Å². The maximum Gasteiger partial charge on any atom is 0.0402 e. The highest BCUT2D eigenvalue weighted by Crippen LogP contribution is 2.19. The lowest BCUT2D eigenvalue weighted by atomic mass is 9.92. The lowest BCUT2D eigenvalue weighted by molar-refractivity contribution is 0.318. The molecule has 1 aromatic carbocycles. The summed E-state index contributed by atoms with van der Waals surface area (Å²) in [5.74, 6) is 0. The average Bonchev–Trinajstić information content (AvgIpc) is 2.19. The first-order chi connectivity index (χ1) is 6.38. The summed E-state index contributed by atoms with van der Waals surface area (Å²) in [6.45, 7) is 1.93. The van der Waals surface area contributed by atoms with Gasteiger partial charge in [-0.05, 0) is 43.7 Å². The zero-order chi connectivity index (χ0) is 9.52. The van der Waals surface area contributed by atoms with Crippen LogP contribution in [0.2, 0.25) is 0 Å². The summed E-state index contributed by atoms with van der Waals surface area (Å²) in [6, 6.07) is 8.80. The van der Waals surface area contributed by atoms with Gasteiger partial charge in [0, 0.05) is 6.61 Å². The first-order valence-corrected chi connectivity index (χ1v) is 5.06. The van der Waals surface area contributed by atoms with Crippen LogP contribution in [-0.2, 0) is 12.8 Å². The second-order valence-electron chi connectivity index (χ2n) is 3.29. The third-order valence-electron chi connectivity index (χ3n) is 2.26. The van der Waals surface area contributed by atoms with Gasteiger partial charge in [-0.25, -0.2) is 0 Å². The molecule has 0 unspecified atom stereocenters. The molecule has 0 fully saturated rings. The molecule has 1 N–H and O–H groups in total. The van der Waals surface area contributed by atoms with Crippen molar-refractivity contribution in [2.45, 2.75) is 32.6 Å². The molecule has 0 bridgehead atoms. The minimum absolute atomic E-state index is 0.250. The van der Waals surface area contributed by atoms with Crippen molar-refractivity contribution in [3.8, 4) is 0 Å². The molecular weight excluding hydrogens is 160 g/mol. The van der Waals surface area contributed by atoms with Crippen molar-refractivity contribution < 1.29 is 5.11 Å². The molecule has 1 heteroatoms. The number of hydrogen-bond acceptors (Lipinski definition) is 1. The molecule has 1 aliphatic rings. The van der Waals surface area contributed by atoms with Crippen LogP contribution in [0.5, 0.6) is 0 Å². The normalized spacial score (nSPS) is 14.0. The number of aryl methyl sites for hydroxylation is 2. The summed E-state index contributed by atoms with van der Waals surface area (Å²) >= 11 is 0. The van der Waals surface area contributed by atoms with E-state index in [2.05, 4.69) is 24.3 Å². The van der Waals surface area contributed by atoms with E-state index in [4.69, 9.17) is 5.11 Å². The average molecular weight is 178 g/mol. The Kier molecular flexibility index (Phi) is 4.55. The van der Waals surface area contributed by atoms with Crippen molar-refractivity contribution >= 4 is 0 Å². The number of aliphatic hydroxyl groups is 1. The van der Waals surface area contributed by atoms with Gasteiger partial charge in [0.1, 0.15) is 0 Å². The van der Waals surface area contributed by atoms with Crippen LogP contribution in [0.1, 0.15) is 30.9 Å². The Hall–Kier alpha value is -0.820. The maximum absolute atomic E-state index is 7.57. The molecule has 1 nitrogen and oxygen atoms in total. The van der Waals surface area contributed by atoms with E-state index in [9.17, 15) is 0 Å². The number of rotatable bonds is 0. The van der Waals surface area contributed by atoms with Crippen LogP contribution >= 0.6 is 0 Å². The molecule has 0 saturated carbocycles. The molecule has 0 radical (unpaired) electrons. The van der Waals surface area contributed by atoms with Crippen LogP contribution < -0.4 is 0 Å². The molecule has 0 saturated heterocycles. The van der Waals surface area contributed by atoms with Gasteiger partial charge in [0.05, 0.1) is 0 Å². The molecule has 0 spiro atoms. The molecule has 2 rings (SSSR count). The molecule has 1 aliphatic carbocycles. The van der Waals surface area contributed by atoms with E-state index >= 15 is 0 Å². The molecule has 0 heterocycles. The Morgan fingerprint density at radius 3 is 1.85 bits per heavy atom. The molecule has 72 valence electrons. The number of benzene rings is 1. The Morgan fingerprint density at radius 1 is 1.08 bits per heavy atom. The minimum Gasteiger partial charge on any atom is -0.397 e. The van der Waals surface area contributed by atoms with Gasteiger partial charge in [0.2, 0.25) is 0 Å². The van der Waals surface area contributed by atoms with Crippen molar-refractivity contribution in [1.29, 1.82) is 0 Å². The summed E-state index contributed by atoms with van der Waals surface area (Å²) in [5, 5.41) is 7.57. The lowest BCUT2D eigenvalue weighted by Gasteiger charge is -2.13. The van der Waals surface area contributed by atoms with Gasteiger partial charge in [-0.1, -0.05) is 24.3 Å². The zero-order valence-electron chi connectivity index (χ0n) is 8.29. The van der Waals surface area contributed by atoms with E-state index in [1.54, 1.807) is 18.1 Å². The fourth-order valence-electron chi connectivity index (χ4n) is 1.68. The summed E-state index contributed by atoms with van der Waals surface area (Å²) in [7, 11) is 0. The fraction of sp³-hybridized carbons (Fsp3) is 0.500. The Balaban J connectivity index is 0.000000251. The second-order valence-corrected chi connectivity index (χ2v) is 3.29. The molecule has 0 atom stereocenters. The third kappa shape index (κ3) is 3.19. The summed E-state index contributed by atoms with van der Waals surface area (Å²) in [4.78, 5) is 0. The topological polar surface area (TPSA) is 20.2 Å². The molecule has 0 amide bonds. The van der Waals surface area contributed by atoms with Crippen LogP contribution in [0.25, 0.3) is 0 Å². The molecular formula is C12H18O. The van der Waals surface area contributed by atoms with Crippen LogP contribution in [0, 0.1) is 0 Å². The van der Waals surface area contributed by atoms with Crippen molar-refractivity contribution in [3.05, 3.63) is 35.4 Å². The SMILES string of the molecule is CCO.c1ccc2c(c1)CCCC2. The van der Waals surface area contributed by atoms with Gasteiger partial charge in [-0.15, -0.1) is 0 Å². The van der Waals surface area contributed by atoms with Gasteiger partial charge < -0.3 is 5.11 Å². The standard InChI is InChI=1S/C10H12.C2H6O/c1-2-6-10-8-4-3-7-9(10)5-1;1-2-3/h1-2,5-6H,3-4,7-8H2;3H,2H2,1H3. The molecule has 0 aliphatic heterocycles. The zero-order valence-corrected chi connectivity index (χ0v) is 8.29. The van der Waals surface area contributed by atoms with Crippen molar-refractivity contribution in [2.24, 2.45) is 0 Å². The summed E-state index contributed by atoms with van der Waals surface area (Å²) < 4.78 is 0. The maximum atomic E-state index is 7.57. The number of hydrogen-bond donors (Lipinski definition) is 1. The van der Waals surface area contributed by atoms with Crippen molar-refractivity contribution in [2.75, 3.05) is 6.61 Å². The number of aliphatic hydroxyl groups excluding tert-OH is 1. The second kappa shape index (κ2) is 5.76. The lowest BCUT2D eigenvalue weighted by Crippen LogP contribution is -2.00. The van der Waals surface area contributed by atoms with Crippen LogP contribution in [0.4, 0.5) is 0 Å². The minimum atomic E-state index is 0.250. The molecule has 13 heavy (non-hydrogen) atoms. The Labute approximate surface area is 80.4 Å². The van der Waals surface area contributed by atoms with Crippen LogP contribution in [0.15, 0.2) is 24.3 Å². The van der Waals surface area contributed by atoms with Gasteiger partial charge in [-0.2, -0.15) is 0 Å². The number of fused-ring (bicyclic) bond motifs is 1. The molecule has 1 aromatic rings. The van der Waals surface area contributed by atoms with Gasteiger partial charge in [0.25, 0.3) is 0 Å². The van der Waals surface area contributed by atoms with E-state index < -0.39 is 0 Å². The van der Waals surface area contributed by atoms with E-state index in [-0.39, 0.29) is 6.61 Å². The fourth-order valence-corrected chi connectivity index (χ4v) is 1.68. The van der Waals surface area contributed by atoms with Gasteiger partial charge >= 0.3 is 0 Å². The Bertz CT molecular complexity index is 218. The molecule has 0 aromatic heterocycles. The predicted octanol–water partition coefficient (Wildman–Crippen LogP) is 2.56. The van der Waals surface area contributed by atoms with E-state index in [0.29, 0.717) is 0 Å². The van der Waals surface area contributed by atoms with Crippen LogP contribution in [0.3, 0.4) is 0 Å². The highest BCUT2D eigenvalue weighted by atomic mass is 16.2. The first-order valence-electron chi connectivity index (χ1n) is 5.06. The smallest absolute Gasteiger partial charge is 0.0402 e. The summed E-state index contributed by atoms with van der Waals surface area (Å²) in [6.07, 6.45) is 5.38. The quantitative estimate of drug-likeness (QED) is 0.647. The third-order valence-corrected chi connectivity index (χ3v) is 2.26. The van der Waals surface area contributed by atoms with Gasteiger partial charge in [0.15, 0.2) is 0 Å². The van der Waals surface area contributed by atoms with Crippen molar-refractivity contribution in [1.82, 2.24) is 0 Å². The van der Waals surface area contributed by atoms with E-state index in [0.717, 1.165) is 0 Å². The first kappa shape index (κ1) is 10.3. The van der Waals surface area contributed by atoms with E-state index in [1.165, 1.54) is 25.7 Å². The highest BCUT2D eigenvalue weighted by Gasteiger charge is 2.05. The Morgan fingerprint density at radius 2 is 1.46 bits per heavy atom. The van der Waals surface area contributed by atoms with Gasteiger partial charge in [-0.3, -0.25) is 0 Å². The highest BCUT2D eigenvalue weighted by molar-refractivity contribution is 5.28. The van der Waals surface area contributed by atoms with Crippen LogP contribution in [-0.4, -0.2) is 11.7 Å². The summed E-state index contributed by atoms with van der Waals surface area (Å²) in [5.41, 5.74) is 3.16. The predicted molar refractivity (Wildman–Crippen MR) is 55.8 cm³/mol. The largest absolute Gasteiger partial charge is 0.397 e. The van der Waals surface area contributed by atoms with E-state index in [1.807, 2.05) is 0 Å². The monoisotopic (exact) mass is 178 g/mol.